The number of piperidine rings is 1. The van der Waals surface area contributed by atoms with E-state index in [2.05, 4.69) is 9.88 Å². The number of methoxy groups -OCH3 is 1. The van der Waals surface area contributed by atoms with E-state index in [0.717, 1.165) is 49.8 Å². The molecule has 12 heteroatoms. The zero-order valence-electron chi connectivity index (χ0n) is 16.9. The van der Waals surface area contributed by atoms with Gasteiger partial charge in [0.25, 0.3) is 0 Å². The Balaban J connectivity index is 0.000000396. The van der Waals surface area contributed by atoms with Crippen molar-refractivity contribution >= 4 is 23.2 Å². The number of thiazole rings is 1. The maximum Gasteiger partial charge on any atom is 0.490 e. The molecule has 0 saturated carbocycles. The molecule has 1 N–H and O–H groups in total. The number of aromatic nitrogens is 1. The van der Waals surface area contributed by atoms with Crippen LogP contribution in [-0.4, -0.2) is 90.0 Å². The number of ether oxygens (including phenoxy) is 2. The summed E-state index contributed by atoms with van der Waals surface area (Å²) in [5, 5.41) is 10.2. The molecule has 1 aromatic heterocycles. The molecule has 0 bridgehead atoms. The third-order valence-corrected chi connectivity index (χ3v) is 5.80. The first kappa shape index (κ1) is 24.5. The molecule has 0 radical (unpaired) electrons. The Hall–Kier alpha value is -1.76. The lowest BCUT2D eigenvalue weighted by Crippen LogP contribution is -2.58. The molecule has 2 aliphatic heterocycles. The van der Waals surface area contributed by atoms with Gasteiger partial charge in [-0.05, 0) is 19.8 Å². The molecular weight excluding hydrogens is 427 g/mol. The molecule has 170 valence electrons. The van der Waals surface area contributed by atoms with E-state index in [1.807, 2.05) is 17.2 Å². The number of carboxylic acids is 1. The number of aryl methyl sites for hydroxylation is 1. The van der Waals surface area contributed by atoms with Crippen molar-refractivity contribution < 1.29 is 37.3 Å². The Kier molecular flexibility index (Phi) is 8.59. The first-order chi connectivity index (χ1) is 14.0. The van der Waals surface area contributed by atoms with Gasteiger partial charge < -0.3 is 24.4 Å². The standard InChI is InChI=1S/C16H25N3O3S.C2HF3O2/c1-13-17-14(11-23-13)9-19-12-16(22-10-15(19)20)3-5-18(6-4-16)7-8-21-2;3-2(4,5)1(6)7/h11H,3-10,12H2,1-2H3;(H,6,7). The molecule has 1 aromatic rings. The third-order valence-electron chi connectivity index (χ3n) is 4.97. The van der Waals surface area contributed by atoms with E-state index in [1.54, 1.807) is 18.4 Å². The van der Waals surface area contributed by atoms with Crippen LogP contribution >= 0.6 is 11.3 Å². The number of halogens is 3. The second-order valence-electron chi connectivity index (χ2n) is 7.22. The number of likely N-dealkylation sites (tertiary alicyclic amines) is 1. The van der Waals surface area contributed by atoms with Gasteiger partial charge in [-0.15, -0.1) is 11.3 Å². The Morgan fingerprint density at radius 2 is 2.03 bits per heavy atom. The lowest BCUT2D eigenvalue weighted by Gasteiger charge is -2.46. The molecule has 0 atom stereocenters. The Bertz CT molecular complexity index is 720. The number of carbonyl (C=O) groups is 2. The second kappa shape index (κ2) is 10.5. The molecule has 8 nitrogen and oxygen atoms in total. The van der Waals surface area contributed by atoms with Gasteiger partial charge in [-0.25, -0.2) is 9.78 Å². The van der Waals surface area contributed by atoms with Crippen molar-refractivity contribution in [3.63, 3.8) is 0 Å². The van der Waals surface area contributed by atoms with Crippen LogP contribution in [0.5, 0.6) is 0 Å². The van der Waals surface area contributed by atoms with Crippen molar-refractivity contribution in [1.82, 2.24) is 14.8 Å². The van der Waals surface area contributed by atoms with E-state index in [9.17, 15) is 18.0 Å². The minimum Gasteiger partial charge on any atom is -0.475 e. The van der Waals surface area contributed by atoms with Gasteiger partial charge in [-0.2, -0.15) is 13.2 Å². The maximum atomic E-state index is 12.2. The summed E-state index contributed by atoms with van der Waals surface area (Å²) in [5.41, 5.74) is 0.804. The van der Waals surface area contributed by atoms with Crippen molar-refractivity contribution in [3.8, 4) is 0 Å². The Morgan fingerprint density at radius 3 is 2.53 bits per heavy atom. The van der Waals surface area contributed by atoms with Crippen molar-refractivity contribution in [3.05, 3.63) is 16.1 Å². The number of carbonyl (C=O) groups excluding carboxylic acids is 1. The van der Waals surface area contributed by atoms with Crippen LogP contribution in [0.3, 0.4) is 0 Å². The number of nitrogens with zero attached hydrogens (tertiary/aromatic N) is 3. The number of rotatable bonds is 5. The number of alkyl halides is 3. The summed E-state index contributed by atoms with van der Waals surface area (Å²) in [6.45, 7) is 7.20. The minimum absolute atomic E-state index is 0.0723. The zero-order valence-corrected chi connectivity index (χ0v) is 17.7. The lowest BCUT2D eigenvalue weighted by atomic mass is 9.89. The summed E-state index contributed by atoms with van der Waals surface area (Å²) >= 11 is 1.63. The van der Waals surface area contributed by atoms with E-state index in [0.29, 0.717) is 13.1 Å². The molecular formula is C18H26F3N3O5S. The number of amides is 1. The monoisotopic (exact) mass is 453 g/mol. The summed E-state index contributed by atoms with van der Waals surface area (Å²) in [7, 11) is 1.74. The minimum atomic E-state index is -5.08. The van der Waals surface area contributed by atoms with Gasteiger partial charge in [0.05, 0.1) is 36.0 Å². The zero-order chi connectivity index (χ0) is 22.4. The molecule has 2 fully saturated rings. The average Bonchev–Trinajstić information content (AvgIpc) is 3.09. The van der Waals surface area contributed by atoms with Gasteiger partial charge >= 0.3 is 12.1 Å². The van der Waals surface area contributed by atoms with Crippen LogP contribution in [0.1, 0.15) is 23.5 Å². The first-order valence-corrected chi connectivity index (χ1v) is 10.3. The maximum absolute atomic E-state index is 12.2. The molecule has 0 unspecified atom stereocenters. The third kappa shape index (κ3) is 7.18. The smallest absolute Gasteiger partial charge is 0.475 e. The van der Waals surface area contributed by atoms with Crippen molar-refractivity contribution in [1.29, 1.82) is 0 Å². The first-order valence-electron chi connectivity index (χ1n) is 9.39. The fraction of sp³-hybridized carbons (Fsp3) is 0.722. The molecule has 3 heterocycles. The number of hydrogen-bond acceptors (Lipinski definition) is 7. The highest BCUT2D eigenvalue weighted by Crippen LogP contribution is 2.31. The van der Waals surface area contributed by atoms with E-state index in [-0.39, 0.29) is 18.1 Å². The molecule has 2 aliphatic rings. The topological polar surface area (TPSA) is 92.2 Å². The van der Waals surface area contributed by atoms with Crippen LogP contribution in [0.25, 0.3) is 0 Å². The number of carboxylic acid groups (broad SMARTS) is 1. The largest absolute Gasteiger partial charge is 0.490 e. The van der Waals surface area contributed by atoms with Crippen LogP contribution < -0.4 is 0 Å². The van der Waals surface area contributed by atoms with Gasteiger partial charge in [0.1, 0.15) is 6.61 Å². The highest BCUT2D eigenvalue weighted by atomic mass is 32.1. The van der Waals surface area contributed by atoms with E-state index in [1.165, 1.54) is 0 Å². The van der Waals surface area contributed by atoms with Gasteiger partial charge in [0.15, 0.2) is 0 Å². The molecule has 1 spiro atoms. The fourth-order valence-electron chi connectivity index (χ4n) is 3.32. The Labute approximate surface area is 176 Å². The number of morpholine rings is 1. The second-order valence-corrected chi connectivity index (χ2v) is 8.28. The summed E-state index contributed by atoms with van der Waals surface area (Å²) in [5.74, 6) is -2.68. The van der Waals surface area contributed by atoms with Crippen LogP contribution in [0.4, 0.5) is 13.2 Å². The van der Waals surface area contributed by atoms with Gasteiger partial charge in [-0.3, -0.25) is 4.79 Å². The van der Waals surface area contributed by atoms with Crippen LogP contribution in [0, 0.1) is 6.92 Å². The van der Waals surface area contributed by atoms with Crippen LogP contribution in [0.15, 0.2) is 5.38 Å². The van der Waals surface area contributed by atoms with E-state index < -0.39 is 12.1 Å². The van der Waals surface area contributed by atoms with Crippen molar-refractivity contribution in [2.24, 2.45) is 0 Å². The van der Waals surface area contributed by atoms with E-state index in [4.69, 9.17) is 19.4 Å². The van der Waals surface area contributed by atoms with Crippen LogP contribution in [0.2, 0.25) is 0 Å². The van der Waals surface area contributed by atoms with Gasteiger partial charge in [-0.1, -0.05) is 0 Å². The van der Waals surface area contributed by atoms with Gasteiger partial charge in [0, 0.05) is 32.1 Å². The van der Waals surface area contributed by atoms with Gasteiger partial charge in [0.2, 0.25) is 5.91 Å². The predicted octanol–water partition coefficient (Wildman–Crippen LogP) is 1.92. The molecule has 1 amide bonds. The summed E-state index contributed by atoms with van der Waals surface area (Å²) in [4.78, 5) is 29.9. The molecule has 30 heavy (non-hydrogen) atoms. The summed E-state index contributed by atoms with van der Waals surface area (Å²) in [6, 6.07) is 0. The van der Waals surface area contributed by atoms with Crippen molar-refractivity contribution in [2.75, 3.05) is 46.5 Å². The predicted molar refractivity (Wildman–Crippen MR) is 102 cm³/mol. The normalized spacial score (nSPS) is 19.5. The highest BCUT2D eigenvalue weighted by Gasteiger charge is 2.42. The molecule has 0 aliphatic carbocycles. The quantitative estimate of drug-likeness (QED) is 0.728. The molecule has 3 rings (SSSR count). The molecule has 2 saturated heterocycles. The average molecular weight is 453 g/mol. The van der Waals surface area contributed by atoms with Crippen LogP contribution in [-0.2, 0) is 25.6 Å². The lowest BCUT2D eigenvalue weighted by molar-refractivity contribution is -0.192. The number of hydrogen-bond donors (Lipinski definition) is 1. The Morgan fingerprint density at radius 1 is 1.40 bits per heavy atom. The SMILES string of the molecule is COCCN1CCC2(CC1)CN(Cc1csc(C)n1)C(=O)CO2.O=C(O)C(F)(F)F. The summed E-state index contributed by atoms with van der Waals surface area (Å²) < 4.78 is 42.9. The summed E-state index contributed by atoms with van der Waals surface area (Å²) in [6.07, 6.45) is -3.15. The van der Waals surface area contributed by atoms with E-state index >= 15 is 0 Å². The fourth-order valence-corrected chi connectivity index (χ4v) is 3.92. The van der Waals surface area contributed by atoms with Crippen molar-refractivity contribution in [2.45, 2.75) is 38.1 Å². The molecule has 0 aromatic carbocycles. The number of aliphatic carboxylic acids is 1. The highest BCUT2D eigenvalue weighted by molar-refractivity contribution is 7.09.